The predicted octanol–water partition coefficient (Wildman–Crippen LogP) is 0.422. The van der Waals surface area contributed by atoms with Crippen LogP contribution in [0.3, 0.4) is 0 Å². The van der Waals surface area contributed by atoms with Crippen LogP contribution < -0.4 is 5.73 Å². The number of aromatic amines is 1. The summed E-state index contributed by atoms with van der Waals surface area (Å²) in [7, 11) is 0. The van der Waals surface area contributed by atoms with Gasteiger partial charge in [0.05, 0.1) is 0 Å². The zero-order valence-electron chi connectivity index (χ0n) is 7.43. The third kappa shape index (κ3) is 1.36. The van der Waals surface area contributed by atoms with Crippen molar-refractivity contribution < 1.29 is 5.11 Å². The lowest BCUT2D eigenvalue weighted by Gasteiger charge is -1.95. The zero-order valence-corrected chi connectivity index (χ0v) is 8.25. The summed E-state index contributed by atoms with van der Waals surface area (Å²) >= 11 is 4.96. The molecule has 0 bridgehead atoms. The molecule has 0 saturated heterocycles. The predicted molar refractivity (Wildman–Crippen MR) is 53.2 cm³/mol. The molecule has 7 heteroatoms. The molecular formula is C7H9N5OS. The van der Waals surface area contributed by atoms with Gasteiger partial charge < -0.3 is 10.8 Å². The maximum absolute atomic E-state index is 9.29. The summed E-state index contributed by atoms with van der Waals surface area (Å²) < 4.78 is 1.78. The lowest BCUT2D eigenvalue weighted by Crippen LogP contribution is -1.98. The van der Waals surface area contributed by atoms with Crippen LogP contribution in [0.15, 0.2) is 6.07 Å². The Bertz CT molecular complexity index is 528. The van der Waals surface area contributed by atoms with Crippen molar-refractivity contribution in [3.8, 4) is 0 Å². The van der Waals surface area contributed by atoms with Crippen LogP contribution in [0.25, 0.3) is 5.65 Å². The Kier molecular flexibility index (Phi) is 1.97. The topological polar surface area (TPSA) is 92.2 Å². The van der Waals surface area contributed by atoms with Gasteiger partial charge in [-0.2, -0.15) is 0 Å². The van der Waals surface area contributed by atoms with Crippen LogP contribution >= 0.6 is 12.2 Å². The molecule has 0 aliphatic heterocycles. The van der Waals surface area contributed by atoms with Crippen LogP contribution in [-0.2, 0) is 0 Å². The molecule has 0 aliphatic carbocycles. The average molecular weight is 211 g/mol. The van der Waals surface area contributed by atoms with Crippen LogP contribution in [0.5, 0.6) is 0 Å². The number of aromatic nitrogens is 4. The number of fused-ring (bicyclic) bond motifs is 1. The van der Waals surface area contributed by atoms with Gasteiger partial charge in [-0.3, -0.25) is 5.10 Å². The number of aliphatic hydroxyl groups excluding tert-OH is 1. The lowest BCUT2D eigenvalue weighted by molar-refractivity contribution is 0.189. The Morgan fingerprint density at radius 2 is 2.36 bits per heavy atom. The van der Waals surface area contributed by atoms with E-state index in [2.05, 4.69) is 15.1 Å². The molecule has 2 rings (SSSR count). The Labute approximate surface area is 84.4 Å². The lowest BCUT2D eigenvalue weighted by atomic mass is 10.4. The van der Waals surface area contributed by atoms with E-state index in [0.29, 0.717) is 22.1 Å². The molecule has 0 aromatic carbocycles. The van der Waals surface area contributed by atoms with Gasteiger partial charge in [-0.05, 0) is 19.1 Å². The van der Waals surface area contributed by atoms with Crippen LogP contribution in [-0.4, -0.2) is 24.7 Å². The second-order valence-corrected chi connectivity index (χ2v) is 3.31. The van der Waals surface area contributed by atoms with E-state index in [4.69, 9.17) is 18.0 Å². The zero-order chi connectivity index (χ0) is 10.3. The molecule has 2 aromatic rings. The van der Waals surface area contributed by atoms with Gasteiger partial charge in [0, 0.05) is 6.07 Å². The number of hydrogen-bond donors (Lipinski definition) is 3. The number of nitrogens with one attached hydrogen (secondary N) is 1. The second-order valence-electron chi connectivity index (χ2n) is 2.94. The fourth-order valence-corrected chi connectivity index (χ4v) is 1.37. The number of nitrogens with two attached hydrogens (primary N) is 1. The Morgan fingerprint density at radius 1 is 1.64 bits per heavy atom. The van der Waals surface area contributed by atoms with Gasteiger partial charge >= 0.3 is 0 Å². The van der Waals surface area contributed by atoms with Gasteiger partial charge in [0.25, 0.3) is 0 Å². The molecular weight excluding hydrogens is 202 g/mol. The third-order valence-electron chi connectivity index (χ3n) is 1.78. The molecule has 1 atom stereocenters. The molecule has 0 radical (unpaired) electrons. The van der Waals surface area contributed by atoms with Gasteiger partial charge in [-0.25, -0.2) is 14.5 Å². The quantitative estimate of drug-likeness (QED) is 0.594. The average Bonchev–Trinajstić information content (AvgIpc) is 2.47. The fourth-order valence-electron chi connectivity index (χ4n) is 1.12. The van der Waals surface area contributed by atoms with Gasteiger partial charge in [0.1, 0.15) is 11.9 Å². The molecule has 0 saturated carbocycles. The summed E-state index contributed by atoms with van der Waals surface area (Å²) in [5, 5.41) is 12.1. The molecule has 1 unspecified atom stereocenters. The van der Waals surface area contributed by atoms with Crippen molar-refractivity contribution in [2.75, 3.05) is 5.73 Å². The van der Waals surface area contributed by atoms with Gasteiger partial charge in [-0.1, -0.05) is 0 Å². The highest BCUT2D eigenvalue weighted by Gasteiger charge is 2.08. The van der Waals surface area contributed by atoms with E-state index < -0.39 is 6.10 Å². The highest BCUT2D eigenvalue weighted by molar-refractivity contribution is 7.71. The Hall–Kier alpha value is -1.47. The maximum Gasteiger partial charge on any atom is 0.222 e. The standard InChI is InChI=1S/C7H9N5OS/c1-3(13)6-10-5-2-4(8)9-7(14)12(5)11-6/h2-3,13H,1H3,(H,10,11)(H2,8,9,14). The molecule has 74 valence electrons. The summed E-state index contributed by atoms with van der Waals surface area (Å²) in [6, 6.07) is 1.58. The molecule has 0 fully saturated rings. The summed E-state index contributed by atoms with van der Waals surface area (Å²) in [4.78, 5) is 7.98. The minimum absolute atomic E-state index is 0.291. The van der Waals surface area contributed by atoms with Crippen molar-refractivity contribution in [3.05, 3.63) is 16.7 Å². The SMILES string of the molecule is CC(O)c1nc2cc(N)nc(=S)n2[nH]1. The van der Waals surface area contributed by atoms with E-state index in [0.717, 1.165) is 0 Å². The van der Waals surface area contributed by atoms with Crippen molar-refractivity contribution in [2.24, 2.45) is 0 Å². The van der Waals surface area contributed by atoms with Crippen LogP contribution in [0.4, 0.5) is 5.82 Å². The van der Waals surface area contributed by atoms with E-state index in [9.17, 15) is 5.11 Å². The van der Waals surface area contributed by atoms with E-state index >= 15 is 0 Å². The van der Waals surface area contributed by atoms with Gasteiger partial charge in [0.2, 0.25) is 4.77 Å². The molecule has 14 heavy (non-hydrogen) atoms. The number of hydrogen-bond acceptors (Lipinski definition) is 5. The highest BCUT2D eigenvalue weighted by atomic mass is 32.1. The molecule has 0 aliphatic rings. The minimum atomic E-state index is -0.675. The van der Waals surface area contributed by atoms with E-state index in [-0.39, 0.29) is 0 Å². The Morgan fingerprint density at radius 3 is 3.00 bits per heavy atom. The monoisotopic (exact) mass is 211 g/mol. The molecule has 6 nitrogen and oxygen atoms in total. The number of anilines is 1. The third-order valence-corrected chi connectivity index (χ3v) is 2.05. The maximum atomic E-state index is 9.29. The Balaban J connectivity index is 2.77. The summed E-state index contributed by atoms with van der Waals surface area (Å²) in [5.41, 5.74) is 6.06. The van der Waals surface area contributed by atoms with Gasteiger partial charge in [0.15, 0.2) is 11.5 Å². The van der Waals surface area contributed by atoms with E-state index in [1.807, 2.05) is 0 Å². The summed E-state index contributed by atoms with van der Waals surface area (Å²) in [6.07, 6.45) is -0.675. The molecule has 2 heterocycles. The highest BCUT2D eigenvalue weighted by Crippen LogP contribution is 2.10. The first-order valence-electron chi connectivity index (χ1n) is 4.01. The van der Waals surface area contributed by atoms with Crippen LogP contribution in [0.2, 0.25) is 0 Å². The smallest absolute Gasteiger partial charge is 0.222 e. The number of rotatable bonds is 1. The normalized spacial score (nSPS) is 13.3. The largest absolute Gasteiger partial charge is 0.385 e. The first kappa shape index (κ1) is 9.10. The van der Waals surface area contributed by atoms with Crippen LogP contribution in [0, 0.1) is 4.77 Å². The molecule has 0 spiro atoms. The van der Waals surface area contributed by atoms with Crippen molar-refractivity contribution in [1.82, 2.24) is 19.6 Å². The van der Waals surface area contributed by atoms with Crippen molar-refractivity contribution in [3.63, 3.8) is 0 Å². The fraction of sp³-hybridized carbons (Fsp3) is 0.286. The van der Waals surface area contributed by atoms with Crippen molar-refractivity contribution in [2.45, 2.75) is 13.0 Å². The van der Waals surface area contributed by atoms with Crippen LogP contribution in [0.1, 0.15) is 18.9 Å². The first-order valence-corrected chi connectivity index (χ1v) is 4.42. The molecule has 0 amide bonds. The summed E-state index contributed by atoms with van der Waals surface area (Å²) in [5.74, 6) is 0.752. The van der Waals surface area contributed by atoms with Crippen molar-refractivity contribution in [1.29, 1.82) is 0 Å². The van der Waals surface area contributed by atoms with Gasteiger partial charge in [-0.15, -0.1) is 0 Å². The summed E-state index contributed by atoms with van der Waals surface area (Å²) in [6.45, 7) is 1.61. The number of nitrogen functional groups attached to an aromatic ring is 1. The number of nitrogens with zero attached hydrogens (tertiary/aromatic N) is 3. The van der Waals surface area contributed by atoms with Crippen molar-refractivity contribution >= 4 is 23.7 Å². The minimum Gasteiger partial charge on any atom is -0.385 e. The number of aliphatic hydroxyl groups is 1. The van der Waals surface area contributed by atoms with E-state index in [1.54, 1.807) is 13.0 Å². The molecule has 2 aromatic heterocycles. The second kappa shape index (κ2) is 3.03. The number of H-pyrrole nitrogens is 1. The van der Waals surface area contributed by atoms with E-state index in [1.165, 1.54) is 4.52 Å². The first-order chi connectivity index (χ1) is 6.58. The molecule has 4 N–H and O–H groups in total.